The molecule has 0 spiro atoms. The number of rotatable bonds is 5. The average Bonchev–Trinajstić information content (AvgIpc) is 2.68. The molecule has 0 heterocycles. The second-order valence-corrected chi connectivity index (χ2v) is 6.85. The van der Waals surface area contributed by atoms with E-state index >= 15 is 0 Å². The number of ether oxygens (including phenoxy) is 2. The fraction of sp³-hybridized carbons (Fsp3) is 0.364. The predicted molar refractivity (Wildman–Crippen MR) is 100 cm³/mol. The number of aliphatic hydroxyl groups is 1. The molecule has 5 heteroatoms. The van der Waals surface area contributed by atoms with Gasteiger partial charge in [0.15, 0.2) is 5.78 Å². The van der Waals surface area contributed by atoms with Gasteiger partial charge in [-0.1, -0.05) is 42.5 Å². The van der Waals surface area contributed by atoms with Crippen molar-refractivity contribution in [3.8, 4) is 5.75 Å². The van der Waals surface area contributed by atoms with Gasteiger partial charge in [0.25, 0.3) is 0 Å². The monoisotopic (exact) mass is 368 g/mol. The first kappa shape index (κ1) is 19.1. The second-order valence-electron chi connectivity index (χ2n) is 6.85. The van der Waals surface area contributed by atoms with Crippen LogP contribution in [0.1, 0.15) is 36.8 Å². The molecule has 1 aliphatic rings. The summed E-state index contributed by atoms with van der Waals surface area (Å²) in [7, 11) is 1.58. The Morgan fingerprint density at radius 1 is 1.15 bits per heavy atom. The van der Waals surface area contributed by atoms with Crippen LogP contribution in [-0.4, -0.2) is 30.6 Å². The van der Waals surface area contributed by atoms with Crippen molar-refractivity contribution in [3.63, 3.8) is 0 Å². The van der Waals surface area contributed by atoms with Gasteiger partial charge in [-0.25, -0.2) is 0 Å². The molecule has 0 amide bonds. The van der Waals surface area contributed by atoms with Crippen molar-refractivity contribution in [2.75, 3.05) is 13.7 Å². The van der Waals surface area contributed by atoms with Gasteiger partial charge in [0.1, 0.15) is 11.7 Å². The minimum Gasteiger partial charge on any atom is -0.497 e. The van der Waals surface area contributed by atoms with Gasteiger partial charge >= 0.3 is 5.97 Å². The lowest BCUT2D eigenvalue weighted by atomic mass is 9.66. The highest BCUT2D eigenvalue weighted by Crippen LogP contribution is 2.46. The fourth-order valence-corrected chi connectivity index (χ4v) is 3.83. The molecular weight excluding hydrogens is 344 g/mol. The molecule has 0 unspecified atom stereocenters. The molecule has 142 valence electrons. The van der Waals surface area contributed by atoms with Gasteiger partial charge < -0.3 is 14.6 Å². The molecule has 5 nitrogen and oxygen atoms in total. The summed E-state index contributed by atoms with van der Waals surface area (Å²) in [6, 6.07) is 16.4. The Balaban J connectivity index is 2.01. The molecule has 2 aromatic carbocycles. The molecule has 2 aromatic rings. The molecule has 0 radical (unpaired) electrons. The number of benzene rings is 2. The first-order valence-electron chi connectivity index (χ1n) is 9.09. The van der Waals surface area contributed by atoms with E-state index in [9.17, 15) is 14.7 Å². The summed E-state index contributed by atoms with van der Waals surface area (Å²) in [5, 5.41) is 11.3. The third-order valence-electron chi connectivity index (χ3n) is 5.17. The van der Waals surface area contributed by atoms with Crippen molar-refractivity contribution >= 4 is 11.8 Å². The van der Waals surface area contributed by atoms with Crippen molar-refractivity contribution in [2.24, 2.45) is 5.92 Å². The van der Waals surface area contributed by atoms with Crippen LogP contribution in [0.3, 0.4) is 0 Å². The topological polar surface area (TPSA) is 72.8 Å². The van der Waals surface area contributed by atoms with Crippen LogP contribution in [0.4, 0.5) is 0 Å². The van der Waals surface area contributed by atoms with Gasteiger partial charge in [0, 0.05) is 12.3 Å². The summed E-state index contributed by atoms with van der Waals surface area (Å²) in [4.78, 5) is 25.4. The van der Waals surface area contributed by atoms with Gasteiger partial charge in [-0.15, -0.1) is 0 Å². The van der Waals surface area contributed by atoms with Crippen LogP contribution >= 0.6 is 0 Å². The third kappa shape index (κ3) is 3.88. The lowest BCUT2D eigenvalue weighted by Crippen LogP contribution is -2.45. The molecule has 0 bridgehead atoms. The molecule has 0 aromatic heterocycles. The van der Waals surface area contributed by atoms with Crippen molar-refractivity contribution < 1.29 is 24.2 Å². The molecule has 3 rings (SSSR count). The average molecular weight is 368 g/mol. The SMILES string of the molecule is CCOC(=O)[C@H]1C(=O)C[C@@](O)(c2ccccc2)C[C@@H]1c1ccc(OC)cc1. The lowest BCUT2D eigenvalue weighted by Gasteiger charge is -2.40. The van der Waals surface area contributed by atoms with Gasteiger partial charge in [-0.2, -0.15) is 0 Å². The highest BCUT2D eigenvalue weighted by molar-refractivity contribution is 6.01. The Morgan fingerprint density at radius 2 is 1.81 bits per heavy atom. The number of Topliss-reactive ketones (excluding diaryl/α,β-unsaturated/α-hetero) is 1. The highest BCUT2D eigenvalue weighted by atomic mass is 16.5. The van der Waals surface area contributed by atoms with Crippen LogP contribution in [0, 0.1) is 5.92 Å². The van der Waals surface area contributed by atoms with Gasteiger partial charge in [-0.3, -0.25) is 9.59 Å². The zero-order valence-electron chi connectivity index (χ0n) is 15.6. The lowest BCUT2D eigenvalue weighted by molar-refractivity contribution is -0.158. The molecule has 27 heavy (non-hydrogen) atoms. The molecule has 1 fully saturated rings. The van der Waals surface area contributed by atoms with E-state index < -0.39 is 23.4 Å². The van der Waals surface area contributed by atoms with E-state index in [4.69, 9.17) is 9.47 Å². The smallest absolute Gasteiger partial charge is 0.317 e. The summed E-state index contributed by atoms with van der Waals surface area (Å²) in [5.74, 6) is -1.53. The predicted octanol–water partition coefficient (Wildman–Crippen LogP) is 3.21. The Bertz CT molecular complexity index is 799. The molecule has 1 aliphatic carbocycles. The molecule has 0 saturated heterocycles. The Hall–Kier alpha value is -2.66. The van der Waals surface area contributed by atoms with E-state index in [-0.39, 0.29) is 25.2 Å². The first-order chi connectivity index (χ1) is 13.0. The summed E-state index contributed by atoms with van der Waals surface area (Å²) in [5.41, 5.74) is 0.168. The van der Waals surface area contributed by atoms with Gasteiger partial charge in [-0.05, 0) is 36.6 Å². The summed E-state index contributed by atoms with van der Waals surface area (Å²) >= 11 is 0. The summed E-state index contributed by atoms with van der Waals surface area (Å²) in [6.45, 7) is 1.93. The Labute approximate surface area is 158 Å². The molecule has 0 aliphatic heterocycles. The largest absolute Gasteiger partial charge is 0.497 e. The third-order valence-corrected chi connectivity index (χ3v) is 5.17. The quantitative estimate of drug-likeness (QED) is 0.648. The maximum atomic E-state index is 12.9. The van der Waals surface area contributed by atoms with E-state index in [0.717, 1.165) is 5.56 Å². The minimum absolute atomic E-state index is 0.104. The van der Waals surface area contributed by atoms with Crippen LogP contribution in [-0.2, 0) is 19.9 Å². The van der Waals surface area contributed by atoms with E-state index in [2.05, 4.69) is 0 Å². The Morgan fingerprint density at radius 3 is 2.41 bits per heavy atom. The van der Waals surface area contributed by atoms with Gasteiger partial charge in [0.05, 0.1) is 19.3 Å². The normalized spacial score (nSPS) is 25.1. The number of carbonyl (C=O) groups is 2. The van der Waals surface area contributed by atoms with Crippen molar-refractivity contribution in [2.45, 2.75) is 31.3 Å². The number of hydrogen-bond donors (Lipinski definition) is 1. The van der Waals surface area contributed by atoms with Crippen LogP contribution in [0.5, 0.6) is 5.75 Å². The molecule has 3 atom stereocenters. The van der Waals surface area contributed by atoms with Crippen molar-refractivity contribution in [1.29, 1.82) is 0 Å². The maximum Gasteiger partial charge on any atom is 0.317 e. The molecule has 1 N–H and O–H groups in total. The summed E-state index contributed by atoms with van der Waals surface area (Å²) in [6.07, 6.45) is 0.158. The number of hydrogen-bond acceptors (Lipinski definition) is 5. The second kappa shape index (κ2) is 7.92. The number of carbonyl (C=O) groups excluding carboxylic acids is 2. The first-order valence-corrected chi connectivity index (χ1v) is 9.09. The van der Waals surface area contributed by atoms with Crippen LogP contribution in [0.15, 0.2) is 54.6 Å². The molecule has 1 saturated carbocycles. The fourth-order valence-electron chi connectivity index (χ4n) is 3.83. The Kier molecular flexibility index (Phi) is 5.61. The van der Waals surface area contributed by atoms with Crippen LogP contribution in [0.25, 0.3) is 0 Å². The van der Waals surface area contributed by atoms with E-state index in [0.29, 0.717) is 11.3 Å². The zero-order valence-corrected chi connectivity index (χ0v) is 15.6. The zero-order chi connectivity index (χ0) is 19.4. The van der Waals surface area contributed by atoms with E-state index in [1.54, 1.807) is 26.2 Å². The van der Waals surface area contributed by atoms with E-state index in [1.807, 2.05) is 42.5 Å². The number of methoxy groups -OCH3 is 1. The van der Waals surface area contributed by atoms with Crippen LogP contribution in [0.2, 0.25) is 0 Å². The minimum atomic E-state index is -1.31. The van der Waals surface area contributed by atoms with Crippen molar-refractivity contribution in [1.82, 2.24) is 0 Å². The van der Waals surface area contributed by atoms with Gasteiger partial charge in [0.2, 0.25) is 0 Å². The highest BCUT2D eigenvalue weighted by Gasteiger charge is 2.49. The maximum absolute atomic E-state index is 12.9. The molecular formula is C22H24O5. The van der Waals surface area contributed by atoms with Crippen LogP contribution < -0.4 is 4.74 Å². The number of esters is 1. The van der Waals surface area contributed by atoms with E-state index in [1.165, 1.54) is 0 Å². The summed E-state index contributed by atoms with van der Waals surface area (Å²) < 4.78 is 10.3. The number of ketones is 1. The van der Waals surface area contributed by atoms with Crippen molar-refractivity contribution in [3.05, 3.63) is 65.7 Å². The standard InChI is InChI=1S/C22H24O5/c1-3-27-21(24)20-18(15-9-11-17(26-2)12-10-15)13-22(25,14-19(20)23)16-7-5-4-6-8-16/h4-12,18,20,25H,3,13-14H2,1-2H3/t18-,20-,22-/m1/s1.